The summed E-state index contributed by atoms with van der Waals surface area (Å²) in [6.07, 6.45) is 0. The molecule has 14 heavy (non-hydrogen) atoms. The third-order valence-corrected chi connectivity index (χ3v) is 2.33. The zero-order valence-electron chi connectivity index (χ0n) is 8.91. The van der Waals surface area contributed by atoms with Gasteiger partial charge in [0, 0.05) is 6.04 Å². The van der Waals surface area contributed by atoms with E-state index in [1.54, 1.807) is 0 Å². The molecular formula is C12H16N2. The van der Waals surface area contributed by atoms with E-state index in [9.17, 15) is 0 Å². The minimum atomic E-state index is 0.0157. The highest BCUT2D eigenvalue weighted by atomic mass is 14.6. The number of nitriles is 1. The third-order valence-electron chi connectivity index (χ3n) is 2.33. The van der Waals surface area contributed by atoms with Crippen molar-refractivity contribution in [2.45, 2.75) is 26.8 Å². The van der Waals surface area contributed by atoms with E-state index in [1.165, 1.54) is 0 Å². The fraction of sp³-hybridized carbons (Fsp3) is 0.417. The van der Waals surface area contributed by atoms with Gasteiger partial charge < -0.3 is 5.73 Å². The van der Waals surface area contributed by atoms with Crippen LogP contribution in [0.15, 0.2) is 18.2 Å². The van der Waals surface area contributed by atoms with Crippen molar-refractivity contribution in [3.05, 3.63) is 34.9 Å². The molecule has 2 N–H and O–H groups in total. The quantitative estimate of drug-likeness (QED) is 0.775. The number of hydrogen-bond acceptors (Lipinski definition) is 2. The maximum atomic E-state index is 8.82. The summed E-state index contributed by atoms with van der Waals surface area (Å²) < 4.78 is 0. The first kappa shape index (κ1) is 10.7. The first-order valence-electron chi connectivity index (χ1n) is 4.82. The molecule has 0 spiro atoms. The van der Waals surface area contributed by atoms with Crippen LogP contribution in [0.5, 0.6) is 0 Å². The Morgan fingerprint density at radius 3 is 2.43 bits per heavy atom. The maximum absolute atomic E-state index is 8.82. The molecule has 0 radical (unpaired) electrons. The van der Waals surface area contributed by atoms with Gasteiger partial charge in [-0.15, -0.1) is 0 Å². The maximum Gasteiger partial charge on any atom is 0.0991 e. The second-order valence-corrected chi connectivity index (χ2v) is 4.01. The minimum Gasteiger partial charge on any atom is -0.324 e. The van der Waals surface area contributed by atoms with Crippen LogP contribution < -0.4 is 5.73 Å². The lowest BCUT2D eigenvalue weighted by atomic mass is 9.94. The smallest absolute Gasteiger partial charge is 0.0991 e. The highest BCUT2D eigenvalue weighted by Crippen LogP contribution is 2.21. The highest BCUT2D eigenvalue weighted by Gasteiger charge is 2.11. The van der Waals surface area contributed by atoms with Crippen LogP contribution in [0.25, 0.3) is 0 Å². The number of benzene rings is 1. The lowest BCUT2D eigenvalue weighted by Crippen LogP contribution is -2.16. The predicted octanol–water partition coefficient (Wildman–Crippen LogP) is 2.52. The zero-order valence-corrected chi connectivity index (χ0v) is 8.91. The molecule has 1 aromatic carbocycles. The molecule has 1 rings (SSSR count). The van der Waals surface area contributed by atoms with Gasteiger partial charge in [-0.2, -0.15) is 5.26 Å². The molecule has 0 heterocycles. The van der Waals surface area contributed by atoms with Crippen molar-refractivity contribution in [3.63, 3.8) is 0 Å². The van der Waals surface area contributed by atoms with Crippen LogP contribution in [-0.2, 0) is 0 Å². The fourth-order valence-corrected chi connectivity index (χ4v) is 1.45. The molecule has 74 valence electrons. The zero-order chi connectivity index (χ0) is 10.7. The van der Waals surface area contributed by atoms with Crippen LogP contribution in [0, 0.1) is 24.2 Å². The SMILES string of the molecule is Cc1cc(C#N)cc([C@@H](N)C(C)C)c1. The Morgan fingerprint density at radius 1 is 1.29 bits per heavy atom. The summed E-state index contributed by atoms with van der Waals surface area (Å²) in [5, 5.41) is 8.82. The van der Waals surface area contributed by atoms with Gasteiger partial charge in [-0.3, -0.25) is 0 Å². The van der Waals surface area contributed by atoms with Gasteiger partial charge in [-0.1, -0.05) is 19.9 Å². The summed E-state index contributed by atoms with van der Waals surface area (Å²) in [6, 6.07) is 7.95. The van der Waals surface area contributed by atoms with Gasteiger partial charge in [-0.25, -0.2) is 0 Å². The van der Waals surface area contributed by atoms with E-state index in [0.717, 1.165) is 11.1 Å². The molecule has 0 amide bonds. The normalized spacial score (nSPS) is 12.6. The molecule has 0 aromatic heterocycles. The Labute approximate surface area is 85.4 Å². The number of nitrogens with two attached hydrogens (primary N) is 1. The number of aryl methyl sites for hydroxylation is 1. The first-order valence-corrected chi connectivity index (χ1v) is 4.82. The second kappa shape index (κ2) is 4.26. The van der Waals surface area contributed by atoms with Gasteiger partial charge in [0.05, 0.1) is 11.6 Å². The summed E-state index contributed by atoms with van der Waals surface area (Å²) in [5.74, 6) is 0.392. The van der Waals surface area contributed by atoms with Crippen molar-refractivity contribution in [1.82, 2.24) is 0 Å². The van der Waals surface area contributed by atoms with Crippen molar-refractivity contribution in [2.75, 3.05) is 0 Å². The van der Waals surface area contributed by atoms with Crippen LogP contribution in [0.2, 0.25) is 0 Å². The second-order valence-electron chi connectivity index (χ2n) is 4.01. The molecule has 2 nitrogen and oxygen atoms in total. The van der Waals surface area contributed by atoms with Crippen LogP contribution in [0.3, 0.4) is 0 Å². The van der Waals surface area contributed by atoms with Crippen LogP contribution in [-0.4, -0.2) is 0 Å². The van der Waals surface area contributed by atoms with E-state index in [0.29, 0.717) is 11.5 Å². The summed E-state index contributed by atoms with van der Waals surface area (Å²) in [6.45, 7) is 6.15. The van der Waals surface area contributed by atoms with Gasteiger partial charge in [0.1, 0.15) is 0 Å². The molecule has 2 heteroatoms. The van der Waals surface area contributed by atoms with Crippen molar-refractivity contribution in [1.29, 1.82) is 5.26 Å². The monoisotopic (exact) mass is 188 g/mol. The van der Waals surface area contributed by atoms with Crippen molar-refractivity contribution >= 4 is 0 Å². The highest BCUT2D eigenvalue weighted by molar-refractivity contribution is 5.38. The summed E-state index contributed by atoms with van der Waals surface area (Å²) in [4.78, 5) is 0. The Kier molecular flexibility index (Phi) is 3.27. The van der Waals surface area contributed by atoms with Crippen LogP contribution >= 0.6 is 0 Å². The van der Waals surface area contributed by atoms with E-state index < -0.39 is 0 Å². The van der Waals surface area contributed by atoms with E-state index in [1.807, 2.05) is 25.1 Å². The molecule has 0 bridgehead atoms. The van der Waals surface area contributed by atoms with Crippen LogP contribution in [0.4, 0.5) is 0 Å². The molecular weight excluding hydrogens is 172 g/mol. The van der Waals surface area contributed by atoms with E-state index >= 15 is 0 Å². The summed E-state index contributed by atoms with van der Waals surface area (Å²) in [7, 11) is 0. The van der Waals surface area contributed by atoms with Crippen LogP contribution in [0.1, 0.15) is 36.6 Å². The molecule has 1 aromatic rings. The molecule has 0 fully saturated rings. The van der Waals surface area contributed by atoms with Gasteiger partial charge in [0.25, 0.3) is 0 Å². The molecule has 0 aliphatic carbocycles. The lowest BCUT2D eigenvalue weighted by molar-refractivity contribution is 0.514. The van der Waals surface area contributed by atoms with E-state index in [4.69, 9.17) is 11.0 Å². The standard InChI is InChI=1S/C12H16N2/c1-8(2)12(14)11-5-9(3)4-10(6-11)7-13/h4-6,8,12H,14H2,1-3H3/t12-/m0/s1. The van der Waals surface area contributed by atoms with Gasteiger partial charge in [-0.05, 0) is 36.1 Å². The molecule has 0 aliphatic heterocycles. The molecule has 0 unspecified atom stereocenters. The fourth-order valence-electron chi connectivity index (χ4n) is 1.45. The lowest BCUT2D eigenvalue weighted by Gasteiger charge is -2.16. The summed E-state index contributed by atoms with van der Waals surface area (Å²) >= 11 is 0. The van der Waals surface area contributed by atoms with Gasteiger partial charge in [0.2, 0.25) is 0 Å². The Hall–Kier alpha value is -1.33. The Bertz CT molecular complexity index is 361. The summed E-state index contributed by atoms with van der Waals surface area (Å²) in [5.41, 5.74) is 8.86. The number of nitrogens with zero attached hydrogens (tertiary/aromatic N) is 1. The number of rotatable bonds is 2. The molecule has 1 atom stereocenters. The average Bonchev–Trinajstić information content (AvgIpc) is 2.15. The van der Waals surface area contributed by atoms with E-state index in [-0.39, 0.29) is 6.04 Å². The minimum absolute atomic E-state index is 0.0157. The Balaban J connectivity index is 3.10. The van der Waals surface area contributed by atoms with Crippen molar-refractivity contribution in [2.24, 2.45) is 11.7 Å². The average molecular weight is 188 g/mol. The largest absolute Gasteiger partial charge is 0.324 e. The third kappa shape index (κ3) is 2.34. The topological polar surface area (TPSA) is 49.8 Å². The van der Waals surface area contributed by atoms with Crippen molar-refractivity contribution in [3.8, 4) is 6.07 Å². The number of hydrogen-bond donors (Lipinski definition) is 1. The van der Waals surface area contributed by atoms with Gasteiger partial charge in [0.15, 0.2) is 0 Å². The molecule has 0 aliphatic rings. The first-order chi connectivity index (χ1) is 6.54. The predicted molar refractivity (Wildman–Crippen MR) is 57.7 cm³/mol. The van der Waals surface area contributed by atoms with E-state index in [2.05, 4.69) is 19.9 Å². The molecule has 0 saturated heterocycles. The van der Waals surface area contributed by atoms with Gasteiger partial charge >= 0.3 is 0 Å². The molecule has 0 saturated carbocycles. The Morgan fingerprint density at radius 2 is 1.93 bits per heavy atom. The van der Waals surface area contributed by atoms with Crippen molar-refractivity contribution < 1.29 is 0 Å².